The summed E-state index contributed by atoms with van der Waals surface area (Å²) in [5.74, 6) is -9.00. The van der Waals surface area contributed by atoms with Crippen LogP contribution in [-0.2, 0) is 33.6 Å². The van der Waals surface area contributed by atoms with E-state index in [9.17, 15) is 33.6 Å². The van der Waals surface area contributed by atoms with Crippen molar-refractivity contribution in [3.8, 4) is 0 Å². The Balaban J connectivity index is 5.43. The molecule has 0 aromatic rings. The number of carbonyl (C=O) groups is 7. The summed E-state index contributed by atoms with van der Waals surface area (Å²) in [6, 6.07) is -6.35. The van der Waals surface area contributed by atoms with Crippen LogP contribution in [0.5, 0.6) is 0 Å². The monoisotopic (exact) mass is 479 g/mol. The van der Waals surface area contributed by atoms with Crippen LogP contribution in [0.2, 0.25) is 0 Å². The Kier molecular flexibility index (Phi) is 12.3. The fraction of sp³-hybridized carbons (Fsp3) is 0.562. The average Bonchev–Trinajstić information content (AvgIpc) is 2.67. The van der Waals surface area contributed by atoms with Crippen LogP contribution in [-0.4, -0.2) is 86.8 Å². The maximum Gasteiger partial charge on any atom is 0.327 e. The summed E-state index contributed by atoms with van der Waals surface area (Å²) in [5, 5.41) is 32.9. The number of carboxylic acids is 3. The van der Waals surface area contributed by atoms with Crippen LogP contribution in [0.15, 0.2) is 0 Å². The molecule has 0 aromatic carbocycles. The molecule has 0 aliphatic heterocycles. The Morgan fingerprint density at radius 3 is 1.50 bits per heavy atom. The number of thiol groups is 1. The lowest BCUT2D eigenvalue weighted by atomic mass is 10.1. The van der Waals surface area contributed by atoms with Crippen molar-refractivity contribution in [3.05, 3.63) is 0 Å². The van der Waals surface area contributed by atoms with E-state index in [2.05, 4.69) is 12.6 Å². The van der Waals surface area contributed by atoms with Gasteiger partial charge in [-0.2, -0.15) is 12.6 Å². The van der Waals surface area contributed by atoms with Gasteiger partial charge < -0.3 is 42.7 Å². The first-order chi connectivity index (χ1) is 14.8. The molecule has 0 spiro atoms. The smallest absolute Gasteiger partial charge is 0.327 e. The summed E-state index contributed by atoms with van der Waals surface area (Å²) >= 11 is 3.74. The summed E-state index contributed by atoms with van der Waals surface area (Å²) in [4.78, 5) is 80.8. The van der Waals surface area contributed by atoms with E-state index in [0.29, 0.717) is 0 Å². The minimum Gasteiger partial charge on any atom is -0.481 e. The molecule has 180 valence electrons. The molecule has 0 saturated carbocycles. The molecule has 0 heterocycles. The van der Waals surface area contributed by atoms with Crippen molar-refractivity contribution in [1.82, 2.24) is 16.0 Å². The average molecular weight is 479 g/mol. The van der Waals surface area contributed by atoms with Crippen molar-refractivity contribution >= 4 is 54.2 Å². The lowest BCUT2D eigenvalue weighted by molar-refractivity contribution is -0.144. The lowest BCUT2D eigenvalue weighted by Crippen LogP contribution is -2.58. The van der Waals surface area contributed by atoms with E-state index in [1.165, 1.54) is 0 Å². The maximum absolute atomic E-state index is 12.5. The van der Waals surface area contributed by atoms with Gasteiger partial charge in [-0.3, -0.25) is 28.8 Å². The molecule has 0 bridgehead atoms. The third kappa shape index (κ3) is 11.1. The van der Waals surface area contributed by atoms with Crippen LogP contribution in [0.3, 0.4) is 0 Å². The van der Waals surface area contributed by atoms with Crippen LogP contribution in [0.4, 0.5) is 0 Å². The van der Waals surface area contributed by atoms with Crippen molar-refractivity contribution in [2.24, 2.45) is 11.5 Å². The minimum atomic E-state index is -1.79. The number of rotatable bonds is 15. The molecule has 32 heavy (non-hydrogen) atoms. The lowest BCUT2D eigenvalue weighted by Gasteiger charge is -2.23. The van der Waals surface area contributed by atoms with E-state index in [4.69, 9.17) is 26.8 Å². The Morgan fingerprint density at radius 2 is 1.16 bits per heavy atom. The number of nitrogens with one attached hydrogen (secondary N) is 3. The number of hydrogen-bond donors (Lipinski definition) is 9. The number of carbonyl (C=O) groups excluding carboxylic acids is 4. The van der Waals surface area contributed by atoms with Gasteiger partial charge >= 0.3 is 17.9 Å². The summed E-state index contributed by atoms with van der Waals surface area (Å²) in [6.07, 6.45) is -2.35. The van der Waals surface area contributed by atoms with Gasteiger partial charge in [0, 0.05) is 12.2 Å². The predicted octanol–water partition coefficient (Wildman–Crippen LogP) is -4.00. The second-order valence-corrected chi connectivity index (χ2v) is 6.88. The van der Waals surface area contributed by atoms with Crippen LogP contribution >= 0.6 is 12.6 Å². The normalized spacial score (nSPS) is 14.2. The summed E-state index contributed by atoms with van der Waals surface area (Å²) in [7, 11) is 0. The highest BCUT2D eigenvalue weighted by molar-refractivity contribution is 7.80. The Morgan fingerprint density at radius 1 is 0.750 bits per heavy atom. The Bertz CT molecular complexity index is 761. The zero-order valence-corrected chi connectivity index (χ0v) is 17.5. The molecular weight excluding hydrogens is 454 g/mol. The molecular formula is C16H25N5O10S. The third-order valence-electron chi connectivity index (χ3n) is 3.86. The first kappa shape index (κ1) is 28.6. The van der Waals surface area contributed by atoms with Gasteiger partial charge in [-0.05, 0) is 6.42 Å². The molecule has 0 radical (unpaired) electrons. The number of nitrogens with two attached hydrogens (primary N) is 2. The van der Waals surface area contributed by atoms with E-state index >= 15 is 0 Å². The molecule has 4 unspecified atom stereocenters. The largest absolute Gasteiger partial charge is 0.481 e. The third-order valence-corrected chi connectivity index (χ3v) is 4.22. The topological polar surface area (TPSA) is 268 Å². The number of amides is 4. The number of primary amides is 1. The Hall–Kier alpha value is -3.40. The van der Waals surface area contributed by atoms with Crippen LogP contribution in [0, 0.1) is 0 Å². The van der Waals surface area contributed by atoms with E-state index in [1.54, 1.807) is 0 Å². The number of carboxylic acid groups (broad SMARTS) is 3. The molecule has 4 atom stereocenters. The second kappa shape index (κ2) is 13.8. The SMILES string of the molecule is NC(=O)CCC(N)C(=O)NC(CC(=O)O)C(=O)NC(CC(=O)O)C(=O)NC(CS)C(=O)O. The second-order valence-electron chi connectivity index (χ2n) is 6.51. The molecule has 0 aromatic heterocycles. The van der Waals surface area contributed by atoms with E-state index in [-0.39, 0.29) is 18.6 Å². The highest BCUT2D eigenvalue weighted by Gasteiger charge is 2.32. The number of hydrogen-bond acceptors (Lipinski definition) is 9. The quantitative estimate of drug-likeness (QED) is 0.102. The van der Waals surface area contributed by atoms with Gasteiger partial charge in [0.1, 0.15) is 18.1 Å². The van der Waals surface area contributed by atoms with Crippen molar-refractivity contribution in [1.29, 1.82) is 0 Å². The van der Waals surface area contributed by atoms with E-state index in [0.717, 1.165) is 0 Å². The first-order valence-corrected chi connectivity index (χ1v) is 9.63. The maximum atomic E-state index is 12.5. The molecule has 0 aliphatic rings. The van der Waals surface area contributed by atoms with Crippen molar-refractivity contribution in [3.63, 3.8) is 0 Å². The van der Waals surface area contributed by atoms with Gasteiger partial charge in [0.05, 0.1) is 18.9 Å². The standard InChI is InChI=1S/C16H25N5O10S/c17-6(1-2-10(18)22)13(27)19-7(3-11(23)24)14(28)20-8(4-12(25)26)15(29)21-9(5-32)16(30)31/h6-9,32H,1-5,17H2,(H2,18,22)(H,19,27)(H,20,28)(H,21,29)(H,23,24)(H,25,26)(H,30,31). The van der Waals surface area contributed by atoms with Crippen molar-refractivity contribution in [2.75, 3.05) is 5.75 Å². The van der Waals surface area contributed by atoms with Gasteiger partial charge in [-0.25, -0.2) is 4.79 Å². The molecule has 4 amide bonds. The highest BCUT2D eigenvalue weighted by Crippen LogP contribution is 2.02. The van der Waals surface area contributed by atoms with Crippen LogP contribution < -0.4 is 27.4 Å². The fourth-order valence-electron chi connectivity index (χ4n) is 2.21. The van der Waals surface area contributed by atoms with Gasteiger partial charge in [0.2, 0.25) is 23.6 Å². The zero-order chi connectivity index (χ0) is 25.0. The molecule has 0 saturated heterocycles. The molecule has 16 heteroatoms. The van der Waals surface area contributed by atoms with Crippen LogP contribution in [0.1, 0.15) is 25.7 Å². The zero-order valence-electron chi connectivity index (χ0n) is 16.6. The number of aliphatic carboxylic acids is 3. The molecule has 15 nitrogen and oxygen atoms in total. The molecule has 0 aliphatic carbocycles. The van der Waals surface area contributed by atoms with Gasteiger partial charge in [0.25, 0.3) is 0 Å². The van der Waals surface area contributed by atoms with Gasteiger partial charge in [-0.15, -0.1) is 0 Å². The summed E-state index contributed by atoms with van der Waals surface area (Å²) in [6.45, 7) is 0. The Labute approximate surface area is 186 Å². The summed E-state index contributed by atoms with van der Waals surface area (Å²) in [5.41, 5.74) is 10.5. The van der Waals surface area contributed by atoms with Crippen LogP contribution in [0.25, 0.3) is 0 Å². The molecule has 10 N–H and O–H groups in total. The van der Waals surface area contributed by atoms with Gasteiger partial charge in [0.15, 0.2) is 0 Å². The fourth-order valence-corrected chi connectivity index (χ4v) is 2.45. The van der Waals surface area contributed by atoms with Crippen molar-refractivity contribution in [2.45, 2.75) is 49.9 Å². The molecule has 0 rings (SSSR count). The highest BCUT2D eigenvalue weighted by atomic mass is 32.1. The van der Waals surface area contributed by atoms with Gasteiger partial charge in [-0.1, -0.05) is 0 Å². The molecule has 0 fully saturated rings. The predicted molar refractivity (Wildman–Crippen MR) is 108 cm³/mol. The van der Waals surface area contributed by atoms with E-state index < -0.39 is 78.5 Å². The first-order valence-electron chi connectivity index (χ1n) is 9.00. The summed E-state index contributed by atoms with van der Waals surface area (Å²) < 4.78 is 0. The van der Waals surface area contributed by atoms with Crippen molar-refractivity contribution < 1.29 is 48.9 Å². The van der Waals surface area contributed by atoms with E-state index in [1.807, 2.05) is 16.0 Å². The minimum absolute atomic E-state index is 0.188.